The second-order valence-corrected chi connectivity index (χ2v) is 5.32. The second kappa shape index (κ2) is 4.72. The summed E-state index contributed by atoms with van der Waals surface area (Å²) in [6.45, 7) is 3.09. The monoisotopic (exact) mass is 226 g/mol. The number of aliphatic hydroxyl groups excluding tert-OH is 1. The first-order valence-corrected chi connectivity index (χ1v) is 6.32. The number of amides is 1. The summed E-state index contributed by atoms with van der Waals surface area (Å²) >= 11 is 0. The molecule has 3 atom stereocenters. The van der Waals surface area contributed by atoms with Crippen LogP contribution in [0.5, 0.6) is 0 Å². The number of hydrogen-bond donors (Lipinski definition) is 3. The maximum Gasteiger partial charge on any atom is 0.240 e. The molecular formula is C12H22N2O2. The molecule has 16 heavy (non-hydrogen) atoms. The third-order valence-electron chi connectivity index (χ3n) is 4.08. The number of aliphatic hydroxyl groups is 1. The van der Waals surface area contributed by atoms with Crippen LogP contribution < -0.4 is 10.6 Å². The van der Waals surface area contributed by atoms with Crippen LogP contribution in [0.1, 0.15) is 39.0 Å². The minimum absolute atomic E-state index is 0.107. The molecular weight excluding hydrogens is 204 g/mol. The molecule has 3 unspecified atom stereocenters. The topological polar surface area (TPSA) is 61.4 Å². The average molecular weight is 226 g/mol. The van der Waals surface area contributed by atoms with Crippen LogP contribution in [0.25, 0.3) is 0 Å². The van der Waals surface area contributed by atoms with Gasteiger partial charge in [-0.15, -0.1) is 0 Å². The standard InChI is InChI=1S/C12H22N2O2/c1-12(6-3-7-13-12)11(16)14-10-5-2-4-9(10)8-15/h9-10,13,15H,2-8H2,1H3,(H,14,16). The van der Waals surface area contributed by atoms with Crippen LogP contribution in [-0.2, 0) is 4.79 Å². The normalized spacial score (nSPS) is 38.9. The van der Waals surface area contributed by atoms with Crippen molar-refractivity contribution in [3.63, 3.8) is 0 Å². The summed E-state index contributed by atoms with van der Waals surface area (Å²) in [7, 11) is 0. The predicted octanol–water partition coefficient (Wildman–Crippen LogP) is 0.406. The third-order valence-corrected chi connectivity index (χ3v) is 4.08. The van der Waals surface area contributed by atoms with Gasteiger partial charge in [-0.05, 0) is 39.2 Å². The Labute approximate surface area is 96.8 Å². The van der Waals surface area contributed by atoms with Crippen molar-refractivity contribution >= 4 is 5.91 Å². The van der Waals surface area contributed by atoms with E-state index in [1.165, 1.54) is 0 Å². The molecule has 3 N–H and O–H groups in total. The highest BCUT2D eigenvalue weighted by Gasteiger charge is 2.38. The van der Waals surface area contributed by atoms with Gasteiger partial charge in [-0.2, -0.15) is 0 Å². The molecule has 1 saturated heterocycles. The molecule has 1 saturated carbocycles. The quantitative estimate of drug-likeness (QED) is 0.653. The summed E-state index contributed by atoms with van der Waals surface area (Å²) in [5.74, 6) is 0.365. The van der Waals surface area contributed by atoms with Crippen molar-refractivity contribution in [1.29, 1.82) is 0 Å². The Kier molecular flexibility index (Phi) is 3.50. The van der Waals surface area contributed by atoms with Gasteiger partial charge in [0.1, 0.15) is 0 Å². The van der Waals surface area contributed by atoms with Gasteiger partial charge in [-0.25, -0.2) is 0 Å². The highest BCUT2D eigenvalue weighted by Crippen LogP contribution is 2.26. The highest BCUT2D eigenvalue weighted by atomic mass is 16.3. The molecule has 1 aliphatic heterocycles. The largest absolute Gasteiger partial charge is 0.396 e. The number of nitrogens with one attached hydrogen (secondary N) is 2. The number of carbonyl (C=O) groups excluding carboxylic acids is 1. The molecule has 2 rings (SSSR count). The van der Waals surface area contributed by atoms with E-state index in [4.69, 9.17) is 0 Å². The Morgan fingerprint density at radius 3 is 2.94 bits per heavy atom. The van der Waals surface area contributed by atoms with Crippen molar-refractivity contribution in [3.05, 3.63) is 0 Å². The van der Waals surface area contributed by atoms with Gasteiger partial charge in [0.15, 0.2) is 0 Å². The minimum atomic E-state index is -0.386. The van der Waals surface area contributed by atoms with Crippen molar-refractivity contribution in [2.75, 3.05) is 13.2 Å². The summed E-state index contributed by atoms with van der Waals surface area (Å²) < 4.78 is 0. The predicted molar refractivity (Wildman–Crippen MR) is 62.0 cm³/mol. The van der Waals surface area contributed by atoms with Crippen LogP contribution >= 0.6 is 0 Å². The molecule has 0 aromatic heterocycles. The van der Waals surface area contributed by atoms with Crippen LogP contribution in [0.2, 0.25) is 0 Å². The maximum atomic E-state index is 12.1. The smallest absolute Gasteiger partial charge is 0.240 e. The molecule has 0 aromatic rings. The van der Waals surface area contributed by atoms with Crippen LogP contribution in [-0.4, -0.2) is 35.7 Å². The average Bonchev–Trinajstić information content (AvgIpc) is 2.87. The van der Waals surface area contributed by atoms with Crippen LogP contribution in [0.4, 0.5) is 0 Å². The van der Waals surface area contributed by atoms with Crippen molar-refractivity contribution in [1.82, 2.24) is 10.6 Å². The number of rotatable bonds is 3. The zero-order valence-electron chi connectivity index (χ0n) is 9.96. The molecule has 0 aromatic carbocycles. The second-order valence-electron chi connectivity index (χ2n) is 5.32. The fraction of sp³-hybridized carbons (Fsp3) is 0.917. The molecule has 0 spiro atoms. The molecule has 1 aliphatic carbocycles. The molecule has 92 valence electrons. The molecule has 4 nitrogen and oxygen atoms in total. The van der Waals surface area contributed by atoms with Gasteiger partial charge in [-0.1, -0.05) is 6.42 Å². The molecule has 4 heteroatoms. The van der Waals surface area contributed by atoms with Crippen molar-refractivity contribution in [3.8, 4) is 0 Å². The molecule has 2 aliphatic rings. The third kappa shape index (κ3) is 2.23. The van der Waals surface area contributed by atoms with E-state index in [2.05, 4.69) is 10.6 Å². The van der Waals surface area contributed by atoms with Gasteiger partial charge in [-0.3, -0.25) is 4.79 Å². The van der Waals surface area contributed by atoms with Gasteiger partial charge in [0, 0.05) is 18.6 Å². The van der Waals surface area contributed by atoms with E-state index in [0.29, 0.717) is 0 Å². The van der Waals surface area contributed by atoms with Gasteiger partial charge >= 0.3 is 0 Å². The Balaban J connectivity index is 1.91. The van der Waals surface area contributed by atoms with Crippen molar-refractivity contribution in [2.24, 2.45) is 5.92 Å². The van der Waals surface area contributed by atoms with E-state index >= 15 is 0 Å². The van der Waals surface area contributed by atoms with Gasteiger partial charge < -0.3 is 15.7 Å². The maximum absolute atomic E-state index is 12.1. The van der Waals surface area contributed by atoms with Crippen molar-refractivity contribution in [2.45, 2.75) is 50.6 Å². The van der Waals surface area contributed by atoms with E-state index in [1.54, 1.807) is 0 Å². The highest BCUT2D eigenvalue weighted by molar-refractivity contribution is 5.86. The summed E-state index contributed by atoms with van der Waals surface area (Å²) in [5, 5.41) is 15.6. The summed E-state index contributed by atoms with van der Waals surface area (Å²) in [5.41, 5.74) is -0.386. The lowest BCUT2D eigenvalue weighted by molar-refractivity contribution is -0.127. The van der Waals surface area contributed by atoms with Gasteiger partial charge in [0.25, 0.3) is 0 Å². The lowest BCUT2D eigenvalue weighted by atomic mass is 9.97. The first-order chi connectivity index (χ1) is 7.65. The van der Waals surface area contributed by atoms with Gasteiger partial charge in [0.05, 0.1) is 5.54 Å². The summed E-state index contributed by atoms with van der Waals surface area (Å²) in [6.07, 6.45) is 5.13. The zero-order chi connectivity index (χ0) is 11.6. The lowest BCUT2D eigenvalue weighted by Crippen LogP contribution is -2.54. The van der Waals surface area contributed by atoms with Crippen LogP contribution in [0.15, 0.2) is 0 Å². The van der Waals surface area contributed by atoms with Gasteiger partial charge in [0.2, 0.25) is 5.91 Å². The van der Waals surface area contributed by atoms with E-state index in [-0.39, 0.29) is 30.0 Å². The van der Waals surface area contributed by atoms with Crippen LogP contribution in [0, 0.1) is 5.92 Å². The molecule has 2 fully saturated rings. The Morgan fingerprint density at radius 1 is 1.50 bits per heavy atom. The van der Waals surface area contributed by atoms with E-state index in [0.717, 1.165) is 38.6 Å². The minimum Gasteiger partial charge on any atom is -0.396 e. The Bertz CT molecular complexity index is 262. The van der Waals surface area contributed by atoms with Crippen LogP contribution in [0.3, 0.4) is 0 Å². The number of carbonyl (C=O) groups is 1. The summed E-state index contributed by atoms with van der Waals surface area (Å²) in [6, 6.07) is 0.178. The fourth-order valence-corrected chi connectivity index (χ4v) is 2.86. The molecule has 0 radical (unpaired) electrons. The Hall–Kier alpha value is -0.610. The fourth-order valence-electron chi connectivity index (χ4n) is 2.86. The zero-order valence-corrected chi connectivity index (χ0v) is 9.96. The lowest BCUT2D eigenvalue weighted by Gasteiger charge is -2.27. The molecule has 0 bridgehead atoms. The molecule has 1 amide bonds. The summed E-state index contributed by atoms with van der Waals surface area (Å²) in [4.78, 5) is 12.1. The van der Waals surface area contributed by atoms with E-state index in [9.17, 15) is 9.90 Å². The Morgan fingerprint density at radius 2 is 2.31 bits per heavy atom. The number of hydrogen-bond acceptors (Lipinski definition) is 3. The van der Waals surface area contributed by atoms with Crippen molar-refractivity contribution < 1.29 is 9.90 Å². The first kappa shape index (κ1) is 11.9. The first-order valence-electron chi connectivity index (χ1n) is 6.32. The van der Waals surface area contributed by atoms with E-state index in [1.807, 2.05) is 6.92 Å². The van der Waals surface area contributed by atoms with E-state index < -0.39 is 0 Å². The molecule has 1 heterocycles. The SMILES string of the molecule is CC1(C(=O)NC2CCCC2CO)CCCN1.